The summed E-state index contributed by atoms with van der Waals surface area (Å²) < 4.78 is 12.8. The first-order valence-corrected chi connectivity index (χ1v) is 3.26. The maximum atomic E-state index is 12.8. The molecule has 0 saturated carbocycles. The summed E-state index contributed by atoms with van der Waals surface area (Å²) in [5.74, 6) is -0.369. The van der Waals surface area contributed by atoms with Gasteiger partial charge in [0.2, 0.25) is 0 Å². The molecule has 2 N–H and O–H groups in total. The van der Waals surface area contributed by atoms with E-state index in [0.717, 1.165) is 6.21 Å². The van der Waals surface area contributed by atoms with Gasteiger partial charge in [-0.2, -0.15) is 0 Å². The maximum absolute atomic E-state index is 12.8. The normalized spacial score (nSPS) is 9.27. The van der Waals surface area contributed by atoms with Crippen LogP contribution >= 0.6 is 0 Å². The number of anilines is 1. The molecular weight excluding hydrogens is 143 g/mol. The van der Waals surface area contributed by atoms with E-state index < -0.39 is 0 Å². The molecule has 0 radical (unpaired) electrons. The molecule has 0 heterocycles. The van der Waals surface area contributed by atoms with E-state index in [0.29, 0.717) is 11.3 Å². The quantitative estimate of drug-likeness (QED) is 0.623. The molecule has 0 aromatic heterocycles. The highest BCUT2D eigenvalue weighted by Gasteiger charge is 2.02. The molecule has 0 amide bonds. The van der Waals surface area contributed by atoms with E-state index in [-0.39, 0.29) is 5.82 Å². The summed E-state index contributed by atoms with van der Waals surface area (Å²) in [4.78, 5) is 0. The van der Waals surface area contributed by atoms with Crippen LogP contribution in [0.5, 0.6) is 0 Å². The van der Waals surface area contributed by atoms with Crippen molar-refractivity contribution < 1.29 is 4.39 Å². The Bertz CT molecular complexity index is 271. The van der Waals surface area contributed by atoms with E-state index in [2.05, 4.69) is 5.32 Å². The van der Waals surface area contributed by atoms with E-state index in [9.17, 15) is 4.39 Å². The highest BCUT2D eigenvalue weighted by Crippen LogP contribution is 2.15. The SMILES string of the molecule is CNc1cccc(F)c1C=N. The van der Waals surface area contributed by atoms with Crippen molar-refractivity contribution >= 4 is 11.9 Å². The maximum Gasteiger partial charge on any atom is 0.134 e. The summed E-state index contributed by atoms with van der Waals surface area (Å²) in [6, 6.07) is 4.67. The summed E-state index contributed by atoms with van der Waals surface area (Å²) in [6.07, 6.45) is 1.00. The van der Waals surface area contributed by atoms with Crippen molar-refractivity contribution in [3.8, 4) is 0 Å². The number of rotatable bonds is 2. The second-order valence-corrected chi connectivity index (χ2v) is 2.10. The van der Waals surface area contributed by atoms with E-state index in [1.807, 2.05) is 0 Å². The summed E-state index contributed by atoms with van der Waals surface area (Å²) in [6.45, 7) is 0. The third-order valence-electron chi connectivity index (χ3n) is 1.47. The van der Waals surface area contributed by atoms with Crippen LogP contribution in [0.3, 0.4) is 0 Å². The van der Waals surface area contributed by atoms with Crippen molar-refractivity contribution in [2.45, 2.75) is 0 Å². The van der Waals surface area contributed by atoms with Gasteiger partial charge in [-0.25, -0.2) is 4.39 Å². The molecular formula is C8H9FN2. The Balaban J connectivity index is 3.24. The average Bonchev–Trinajstić information content (AvgIpc) is 2.04. The summed E-state index contributed by atoms with van der Waals surface area (Å²) in [5, 5.41) is 9.72. The lowest BCUT2D eigenvalue weighted by atomic mass is 10.2. The van der Waals surface area contributed by atoms with Crippen LogP contribution < -0.4 is 5.32 Å². The highest BCUT2D eigenvalue weighted by atomic mass is 19.1. The zero-order valence-electron chi connectivity index (χ0n) is 6.19. The Morgan fingerprint density at radius 3 is 2.73 bits per heavy atom. The first-order valence-electron chi connectivity index (χ1n) is 3.26. The van der Waals surface area contributed by atoms with Gasteiger partial charge in [0.05, 0.1) is 5.56 Å². The molecule has 0 unspecified atom stereocenters. The summed E-state index contributed by atoms with van der Waals surface area (Å²) in [5.41, 5.74) is 0.940. The van der Waals surface area contributed by atoms with E-state index in [1.165, 1.54) is 6.07 Å². The van der Waals surface area contributed by atoms with Crippen LogP contribution in [-0.2, 0) is 0 Å². The third-order valence-corrected chi connectivity index (χ3v) is 1.47. The molecule has 11 heavy (non-hydrogen) atoms. The van der Waals surface area contributed by atoms with Crippen LogP contribution in [0.15, 0.2) is 18.2 Å². The van der Waals surface area contributed by atoms with Crippen molar-refractivity contribution in [2.24, 2.45) is 0 Å². The van der Waals surface area contributed by atoms with Crippen molar-refractivity contribution in [3.05, 3.63) is 29.6 Å². The topological polar surface area (TPSA) is 35.9 Å². The van der Waals surface area contributed by atoms with Gasteiger partial charge >= 0.3 is 0 Å². The van der Waals surface area contributed by atoms with E-state index >= 15 is 0 Å². The lowest BCUT2D eigenvalue weighted by Crippen LogP contribution is -1.96. The molecule has 0 aliphatic carbocycles. The van der Waals surface area contributed by atoms with Gasteiger partial charge in [0.15, 0.2) is 0 Å². The average molecular weight is 152 g/mol. The Labute approximate surface area is 64.6 Å². The van der Waals surface area contributed by atoms with Gasteiger partial charge in [0.1, 0.15) is 5.82 Å². The van der Waals surface area contributed by atoms with E-state index in [1.54, 1.807) is 19.2 Å². The molecule has 1 aromatic rings. The molecule has 0 fully saturated rings. The van der Waals surface area contributed by atoms with Gasteiger partial charge in [-0.15, -0.1) is 0 Å². The zero-order valence-corrected chi connectivity index (χ0v) is 6.19. The first kappa shape index (κ1) is 7.72. The van der Waals surface area contributed by atoms with Gasteiger partial charge in [-0.3, -0.25) is 0 Å². The van der Waals surface area contributed by atoms with Gasteiger partial charge in [-0.1, -0.05) is 6.07 Å². The number of hydrogen-bond acceptors (Lipinski definition) is 2. The van der Waals surface area contributed by atoms with Gasteiger partial charge in [-0.05, 0) is 12.1 Å². The van der Waals surface area contributed by atoms with Crippen molar-refractivity contribution in [1.82, 2.24) is 0 Å². The monoisotopic (exact) mass is 152 g/mol. The predicted molar refractivity (Wildman–Crippen MR) is 43.8 cm³/mol. The highest BCUT2D eigenvalue weighted by molar-refractivity contribution is 5.85. The summed E-state index contributed by atoms with van der Waals surface area (Å²) >= 11 is 0. The number of nitrogens with one attached hydrogen (secondary N) is 2. The van der Waals surface area contributed by atoms with Crippen LogP contribution in [-0.4, -0.2) is 13.3 Å². The minimum Gasteiger partial charge on any atom is -0.388 e. The first-order chi connectivity index (χ1) is 5.29. The Hall–Kier alpha value is -1.38. The fraction of sp³-hybridized carbons (Fsp3) is 0.125. The molecule has 1 aromatic carbocycles. The van der Waals surface area contributed by atoms with Crippen molar-refractivity contribution in [2.75, 3.05) is 12.4 Å². The van der Waals surface area contributed by atoms with Crippen LogP contribution in [0.2, 0.25) is 0 Å². The minimum absolute atomic E-state index is 0.301. The second-order valence-electron chi connectivity index (χ2n) is 2.10. The molecule has 58 valence electrons. The van der Waals surface area contributed by atoms with E-state index in [4.69, 9.17) is 5.41 Å². The molecule has 0 aliphatic rings. The molecule has 0 spiro atoms. The fourth-order valence-electron chi connectivity index (χ4n) is 0.902. The van der Waals surface area contributed by atoms with Crippen molar-refractivity contribution in [1.29, 1.82) is 5.41 Å². The molecule has 1 rings (SSSR count). The lowest BCUT2D eigenvalue weighted by Gasteiger charge is -2.03. The molecule has 2 nitrogen and oxygen atoms in total. The molecule has 0 atom stereocenters. The molecule has 3 heteroatoms. The second kappa shape index (κ2) is 3.14. The van der Waals surface area contributed by atoms with Crippen LogP contribution in [0.1, 0.15) is 5.56 Å². The zero-order chi connectivity index (χ0) is 8.27. The Kier molecular flexibility index (Phi) is 2.21. The third kappa shape index (κ3) is 1.37. The van der Waals surface area contributed by atoms with Crippen LogP contribution in [0.25, 0.3) is 0 Å². The number of hydrogen-bond donors (Lipinski definition) is 2. The molecule has 0 bridgehead atoms. The molecule has 0 saturated heterocycles. The standard InChI is InChI=1S/C8H9FN2/c1-11-8-4-2-3-7(9)6(8)5-10/h2-5,10-11H,1H3. The predicted octanol–water partition coefficient (Wildman–Crippen LogP) is 1.87. The Morgan fingerprint density at radius 1 is 1.55 bits per heavy atom. The fourth-order valence-corrected chi connectivity index (χ4v) is 0.902. The molecule has 0 aliphatic heterocycles. The van der Waals surface area contributed by atoms with Crippen molar-refractivity contribution in [3.63, 3.8) is 0 Å². The van der Waals surface area contributed by atoms with Gasteiger partial charge in [0, 0.05) is 18.9 Å². The smallest absolute Gasteiger partial charge is 0.134 e. The largest absolute Gasteiger partial charge is 0.388 e. The van der Waals surface area contributed by atoms with Gasteiger partial charge < -0.3 is 10.7 Å². The van der Waals surface area contributed by atoms with Crippen LogP contribution in [0.4, 0.5) is 10.1 Å². The summed E-state index contributed by atoms with van der Waals surface area (Å²) in [7, 11) is 1.70. The Morgan fingerprint density at radius 2 is 2.27 bits per heavy atom. The number of halogens is 1. The van der Waals surface area contributed by atoms with Crippen LogP contribution in [0, 0.1) is 11.2 Å². The lowest BCUT2D eigenvalue weighted by molar-refractivity contribution is 0.626. The minimum atomic E-state index is -0.369. The number of benzene rings is 1. The van der Waals surface area contributed by atoms with Gasteiger partial charge in [0.25, 0.3) is 0 Å².